The highest BCUT2D eigenvalue weighted by atomic mass is 16.2. The number of nitrogens with zero attached hydrogens (tertiary/aromatic N) is 5. The van der Waals surface area contributed by atoms with Crippen molar-refractivity contribution in [3.63, 3.8) is 0 Å². The van der Waals surface area contributed by atoms with Crippen LogP contribution in [0.25, 0.3) is 11.2 Å². The van der Waals surface area contributed by atoms with Crippen LogP contribution < -0.4 is 16.1 Å². The van der Waals surface area contributed by atoms with E-state index in [1.807, 2.05) is 19.1 Å². The van der Waals surface area contributed by atoms with E-state index in [4.69, 9.17) is 0 Å². The molecule has 8 nitrogen and oxygen atoms in total. The number of anilines is 1. The van der Waals surface area contributed by atoms with Gasteiger partial charge in [0.05, 0.1) is 6.33 Å². The molecule has 3 heterocycles. The average molecular weight is 367 g/mol. The van der Waals surface area contributed by atoms with Crippen molar-refractivity contribution < 1.29 is 4.79 Å². The van der Waals surface area contributed by atoms with E-state index in [0.29, 0.717) is 6.54 Å². The lowest BCUT2D eigenvalue weighted by Crippen LogP contribution is -2.40. The summed E-state index contributed by atoms with van der Waals surface area (Å²) in [4.78, 5) is 43.7. The molecule has 0 radical (unpaired) electrons. The largest absolute Gasteiger partial charge is 0.332 e. The summed E-state index contributed by atoms with van der Waals surface area (Å²) in [5.74, 6) is -0.0968. The van der Waals surface area contributed by atoms with E-state index >= 15 is 0 Å². The topological polar surface area (TPSA) is 82.1 Å². The van der Waals surface area contributed by atoms with Crippen LogP contribution in [0.5, 0.6) is 0 Å². The zero-order chi connectivity index (χ0) is 19.3. The number of fused-ring (bicyclic) bond motifs is 2. The molecule has 27 heavy (non-hydrogen) atoms. The SMILES string of the molecule is Cc1cccc2c1N(C(=O)Cn1cnc3c1c(=O)n(C)c(=O)n3C)CCC2. The number of amides is 1. The van der Waals surface area contributed by atoms with Crippen LogP contribution in [0.4, 0.5) is 5.69 Å². The normalized spacial score (nSPS) is 13.8. The zero-order valence-electron chi connectivity index (χ0n) is 15.6. The number of imidazole rings is 1. The highest BCUT2D eigenvalue weighted by Gasteiger charge is 2.25. The van der Waals surface area contributed by atoms with Gasteiger partial charge in [-0.15, -0.1) is 0 Å². The fraction of sp³-hybridized carbons (Fsp3) is 0.368. The summed E-state index contributed by atoms with van der Waals surface area (Å²) in [6, 6.07) is 6.07. The van der Waals surface area contributed by atoms with Crippen LogP contribution in [-0.2, 0) is 31.9 Å². The second-order valence-electron chi connectivity index (χ2n) is 6.98. The minimum atomic E-state index is -0.450. The Morgan fingerprint density at radius 3 is 2.74 bits per heavy atom. The molecule has 1 aliphatic rings. The van der Waals surface area contributed by atoms with E-state index in [0.717, 1.165) is 28.7 Å². The van der Waals surface area contributed by atoms with Crippen molar-refractivity contribution >= 4 is 22.8 Å². The quantitative estimate of drug-likeness (QED) is 0.668. The Balaban J connectivity index is 1.76. The second kappa shape index (κ2) is 6.22. The summed E-state index contributed by atoms with van der Waals surface area (Å²) >= 11 is 0. The minimum Gasteiger partial charge on any atom is -0.315 e. The summed E-state index contributed by atoms with van der Waals surface area (Å²) in [7, 11) is 2.99. The van der Waals surface area contributed by atoms with Crippen LogP contribution in [0.1, 0.15) is 17.5 Å². The molecule has 1 aliphatic heterocycles. The Hall–Kier alpha value is -3.16. The van der Waals surface area contributed by atoms with Gasteiger partial charge in [-0.2, -0.15) is 0 Å². The second-order valence-corrected chi connectivity index (χ2v) is 6.98. The molecule has 0 saturated carbocycles. The van der Waals surface area contributed by atoms with Crippen molar-refractivity contribution in [2.24, 2.45) is 14.1 Å². The van der Waals surface area contributed by atoms with Crippen LogP contribution in [0.3, 0.4) is 0 Å². The Morgan fingerprint density at radius 1 is 1.19 bits per heavy atom. The molecule has 0 N–H and O–H groups in total. The van der Waals surface area contributed by atoms with Crippen molar-refractivity contribution in [2.75, 3.05) is 11.4 Å². The Kier molecular flexibility index (Phi) is 3.98. The number of hydrogen-bond donors (Lipinski definition) is 0. The highest BCUT2D eigenvalue weighted by molar-refractivity contribution is 5.95. The first-order valence-electron chi connectivity index (χ1n) is 8.90. The van der Waals surface area contributed by atoms with Gasteiger partial charge in [0.2, 0.25) is 5.91 Å². The van der Waals surface area contributed by atoms with E-state index in [-0.39, 0.29) is 23.6 Å². The van der Waals surface area contributed by atoms with Gasteiger partial charge in [0.25, 0.3) is 5.56 Å². The standard InChI is InChI=1S/C19H21N5O3/c1-12-6-4-7-13-8-5-9-24(15(12)13)14(25)10-23-11-20-17-16(23)18(26)22(3)19(27)21(17)2/h4,6-7,11H,5,8-10H2,1-3H3. The summed E-state index contributed by atoms with van der Waals surface area (Å²) in [5.41, 5.74) is 2.86. The maximum atomic E-state index is 13.1. The van der Waals surface area contributed by atoms with E-state index in [1.54, 1.807) is 11.9 Å². The van der Waals surface area contributed by atoms with Gasteiger partial charge in [0.15, 0.2) is 11.2 Å². The third-order valence-electron chi connectivity index (χ3n) is 5.24. The molecule has 3 aromatic rings. The van der Waals surface area contributed by atoms with Crippen LogP contribution in [0, 0.1) is 6.92 Å². The lowest BCUT2D eigenvalue weighted by Gasteiger charge is -2.31. The predicted molar refractivity (Wildman–Crippen MR) is 102 cm³/mol. The van der Waals surface area contributed by atoms with Gasteiger partial charge in [0.1, 0.15) is 6.54 Å². The van der Waals surface area contributed by atoms with Gasteiger partial charge in [-0.05, 0) is 30.9 Å². The molecule has 140 valence electrons. The Bertz CT molecular complexity index is 1180. The van der Waals surface area contributed by atoms with Crippen molar-refractivity contribution in [1.82, 2.24) is 18.7 Å². The van der Waals surface area contributed by atoms with Gasteiger partial charge in [-0.3, -0.25) is 18.7 Å². The van der Waals surface area contributed by atoms with Crippen LogP contribution in [0.15, 0.2) is 34.1 Å². The smallest absolute Gasteiger partial charge is 0.315 e. The molecule has 0 saturated heterocycles. The number of rotatable bonds is 2. The summed E-state index contributed by atoms with van der Waals surface area (Å²) < 4.78 is 3.88. The maximum Gasteiger partial charge on any atom is 0.332 e. The number of carbonyl (C=O) groups excluding carboxylic acids is 1. The number of aryl methyl sites for hydroxylation is 3. The van der Waals surface area contributed by atoms with Gasteiger partial charge in [-0.1, -0.05) is 18.2 Å². The van der Waals surface area contributed by atoms with E-state index in [9.17, 15) is 14.4 Å². The summed E-state index contributed by atoms with van der Waals surface area (Å²) in [6.45, 7) is 2.65. The molecule has 0 unspecified atom stereocenters. The molecule has 1 aromatic carbocycles. The molecule has 0 aliphatic carbocycles. The van der Waals surface area contributed by atoms with Crippen molar-refractivity contribution in [3.05, 3.63) is 56.5 Å². The number of para-hydroxylation sites is 1. The first-order chi connectivity index (χ1) is 12.9. The zero-order valence-corrected chi connectivity index (χ0v) is 15.6. The van der Waals surface area contributed by atoms with Crippen molar-refractivity contribution in [1.29, 1.82) is 0 Å². The first-order valence-corrected chi connectivity index (χ1v) is 8.90. The molecule has 0 spiro atoms. The van der Waals surface area contributed by atoms with E-state index < -0.39 is 11.2 Å². The summed E-state index contributed by atoms with van der Waals surface area (Å²) in [5, 5.41) is 0. The lowest BCUT2D eigenvalue weighted by molar-refractivity contribution is -0.119. The van der Waals surface area contributed by atoms with Gasteiger partial charge in [0, 0.05) is 26.3 Å². The molecule has 1 amide bonds. The van der Waals surface area contributed by atoms with Crippen LogP contribution in [0.2, 0.25) is 0 Å². The van der Waals surface area contributed by atoms with E-state index in [1.165, 1.54) is 28.1 Å². The molecule has 0 bridgehead atoms. The van der Waals surface area contributed by atoms with Crippen LogP contribution in [-0.4, -0.2) is 31.1 Å². The van der Waals surface area contributed by atoms with E-state index in [2.05, 4.69) is 11.1 Å². The molecule has 0 fully saturated rings. The third-order valence-corrected chi connectivity index (χ3v) is 5.24. The monoisotopic (exact) mass is 367 g/mol. The number of hydrogen-bond acceptors (Lipinski definition) is 4. The number of carbonyl (C=O) groups is 1. The summed E-state index contributed by atoms with van der Waals surface area (Å²) in [6.07, 6.45) is 3.31. The van der Waals surface area contributed by atoms with Gasteiger partial charge in [-0.25, -0.2) is 9.78 Å². The predicted octanol–water partition coefficient (Wildman–Crippen LogP) is 0.722. The first kappa shape index (κ1) is 17.3. The lowest BCUT2D eigenvalue weighted by atomic mass is 9.98. The molecular formula is C19H21N5O3. The van der Waals surface area contributed by atoms with Crippen LogP contribution >= 0.6 is 0 Å². The Morgan fingerprint density at radius 2 is 1.96 bits per heavy atom. The van der Waals surface area contributed by atoms with Crippen molar-refractivity contribution in [3.8, 4) is 0 Å². The molecule has 2 aromatic heterocycles. The number of aromatic nitrogens is 4. The fourth-order valence-electron chi connectivity index (χ4n) is 3.84. The van der Waals surface area contributed by atoms with Gasteiger partial charge >= 0.3 is 5.69 Å². The molecule has 0 atom stereocenters. The Labute approximate surface area is 155 Å². The van der Waals surface area contributed by atoms with Crippen molar-refractivity contribution in [2.45, 2.75) is 26.3 Å². The minimum absolute atomic E-state index is 0.00226. The molecule has 4 rings (SSSR count). The maximum absolute atomic E-state index is 13.1. The highest BCUT2D eigenvalue weighted by Crippen LogP contribution is 2.30. The average Bonchev–Trinajstić information content (AvgIpc) is 3.08. The van der Waals surface area contributed by atoms with Gasteiger partial charge < -0.3 is 9.47 Å². The molecular weight excluding hydrogens is 346 g/mol. The third kappa shape index (κ3) is 2.59. The fourth-order valence-corrected chi connectivity index (χ4v) is 3.84. The number of benzene rings is 1. The molecule has 8 heteroatoms.